The Bertz CT molecular complexity index is 1310. The number of anilines is 2. The van der Waals surface area contributed by atoms with Gasteiger partial charge in [-0.25, -0.2) is 4.90 Å². The quantitative estimate of drug-likeness (QED) is 0.544. The zero-order valence-electron chi connectivity index (χ0n) is 18.4. The highest BCUT2D eigenvalue weighted by molar-refractivity contribution is 6.35. The molecule has 2 aliphatic heterocycles. The molecular weight excluding hydrogens is 400 g/mol. The van der Waals surface area contributed by atoms with Gasteiger partial charge in [0.1, 0.15) is 0 Å². The van der Waals surface area contributed by atoms with Crippen molar-refractivity contribution in [1.82, 2.24) is 0 Å². The lowest BCUT2D eigenvalue weighted by molar-refractivity contribution is 0.0924. The minimum Gasteiger partial charge on any atom is -0.308 e. The Labute approximate surface area is 187 Å². The van der Waals surface area contributed by atoms with Crippen LogP contribution >= 0.6 is 0 Å². The van der Waals surface area contributed by atoms with Crippen LogP contribution < -0.4 is 9.80 Å². The number of amides is 3. The molecule has 0 unspecified atom stereocenters. The third-order valence-electron chi connectivity index (χ3n) is 6.34. The second-order valence-corrected chi connectivity index (χ2v) is 8.69. The number of fused-ring (bicyclic) bond motifs is 2. The van der Waals surface area contributed by atoms with Gasteiger partial charge in [0.25, 0.3) is 17.7 Å². The van der Waals surface area contributed by atoms with Crippen LogP contribution in [0, 0.1) is 20.8 Å². The maximum atomic E-state index is 13.4. The Balaban J connectivity index is 1.51. The minimum absolute atomic E-state index is 0.150. The lowest BCUT2D eigenvalue weighted by Crippen LogP contribution is -2.35. The summed E-state index contributed by atoms with van der Waals surface area (Å²) in [5.74, 6) is -0.887. The molecule has 2 heterocycles. The lowest BCUT2D eigenvalue weighted by atomic mass is 9.98. The fraction of sp³-hybridized carbons (Fsp3) is 0.222. The van der Waals surface area contributed by atoms with Crippen LogP contribution in [0.1, 0.15) is 59.7 Å². The first kappa shape index (κ1) is 20.2. The molecule has 5 heteroatoms. The molecule has 0 N–H and O–H groups in total. The average Bonchev–Trinajstić information content (AvgIpc) is 3.03. The summed E-state index contributed by atoms with van der Waals surface area (Å²) in [6, 6.07) is 16.7. The van der Waals surface area contributed by atoms with Gasteiger partial charge in [0, 0.05) is 17.8 Å². The number of hydrogen-bond donors (Lipinski definition) is 0. The van der Waals surface area contributed by atoms with Crippen LogP contribution in [0.5, 0.6) is 0 Å². The summed E-state index contributed by atoms with van der Waals surface area (Å²) in [7, 11) is 0. The molecule has 0 saturated heterocycles. The van der Waals surface area contributed by atoms with Crippen molar-refractivity contribution in [2.45, 2.75) is 33.6 Å². The van der Waals surface area contributed by atoms with E-state index in [-0.39, 0.29) is 23.3 Å². The van der Waals surface area contributed by atoms with Gasteiger partial charge in [0.15, 0.2) is 0 Å². The maximum absolute atomic E-state index is 13.4. The van der Waals surface area contributed by atoms with Crippen molar-refractivity contribution in [2.24, 2.45) is 0 Å². The molecule has 0 saturated carbocycles. The van der Waals surface area contributed by atoms with Crippen molar-refractivity contribution in [2.75, 3.05) is 16.3 Å². The van der Waals surface area contributed by atoms with Crippen LogP contribution in [-0.2, 0) is 6.42 Å². The normalized spacial score (nSPS) is 15.1. The van der Waals surface area contributed by atoms with Crippen molar-refractivity contribution in [3.05, 3.63) is 93.5 Å². The maximum Gasteiger partial charge on any atom is 0.266 e. The standard InChI is InChI=1S/C27H24N2O3/c1-16-7-11-23-19(13-16)5-4-12-28(23)25(30)20-9-10-21-22(15-20)27(32)29(26(21)31)24-14-17(2)6-8-18(24)3/h6-11,13-15H,4-5,12H2,1-3H3. The summed E-state index contributed by atoms with van der Waals surface area (Å²) in [4.78, 5) is 42.7. The van der Waals surface area contributed by atoms with Gasteiger partial charge in [-0.15, -0.1) is 0 Å². The minimum atomic E-state index is -0.386. The van der Waals surface area contributed by atoms with Gasteiger partial charge < -0.3 is 4.90 Å². The smallest absolute Gasteiger partial charge is 0.266 e. The van der Waals surface area contributed by atoms with Crippen LogP contribution in [0.15, 0.2) is 54.6 Å². The Morgan fingerprint density at radius 3 is 2.31 bits per heavy atom. The second kappa shape index (κ2) is 7.45. The van der Waals surface area contributed by atoms with Crippen LogP contribution in [-0.4, -0.2) is 24.3 Å². The zero-order valence-corrected chi connectivity index (χ0v) is 18.4. The van der Waals surface area contributed by atoms with Crippen LogP contribution in [0.2, 0.25) is 0 Å². The van der Waals surface area contributed by atoms with Crippen molar-refractivity contribution in [3.8, 4) is 0 Å². The third-order valence-corrected chi connectivity index (χ3v) is 6.34. The van der Waals surface area contributed by atoms with Gasteiger partial charge >= 0.3 is 0 Å². The van der Waals surface area contributed by atoms with E-state index in [0.29, 0.717) is 23.4 Å². The largest absolute Gasteiger partial charge is 0.308 e. The van der Waals surface area contributed by atoms with E-state index in [4.69, 9.17) is 0 Å². The van der Waals surface area contributed by atoms with Crippen molar-refractivity contribution < 1.29 is 14.4 Å². The van der Waals surface area contributed by atoms with E-state index in [1.54, 1.807) is 23.1 Å². The van der Waals surface area contributed by atoms with E-state index in [1.165, 1.54) is 10.5 Å². The monoisotopic (exact) mass is 424 g/mol. The third kappa shape index (κ3) is 3.12. The van der Waals surface area contributed by atoms with E-state index < -0.39 is 0 Å². The molecular formula is C27H24N2O3. The predicted molar refractivity (Wildman–Crippen MR) is 125 cm³/mol. The van der Waals surface area contributed by atoms with Gasteiger partial charge in [0.2, 0.25) is 0 Å². The number of carbonyl (C=O) groups excluding carboxylic acids is 3. The topological polar surface area (TPSA) is 57.7 Å². The van der Waals surface area contributed by atoms with Gasteiger partial charge in [-0.1, -0.05) is 29.8 Å². The number of hydrogen-bond acceptors (Lipinski definition) is 3. The number of imide groups is 1. The molecule has 3 aromatic carbocycles. The fourth-order valence-corrected chi connectivity index (χ4v) is 4.65. The molecule has 5 nitrogen and oxygen atoms in total. The molecule has 5 rings (SSSR count). The number of benzene rings is 3. The molecule has 0 spiro atoms. The van der Waals surface area contributed by atoms with E-state index in [2.05, 4.69) is 6.07 Å². The highest BCUT2D eigenvalue weighted by Gasteiger charge is 2.38. The molecule has 32 heavy (non-hydrogen) atoms. The number of carbonyl (C=O) groups is 3. The van der Waals surface area contributed by atoms with Crippen molar-refractivity contribution >= 4 is 29.1 Å². The second-order valence-electron chi connectivity index (χ2n) is 8.69. The highest BCUT2D eigenvalue weighted by atomic mass is 16.2. The molecule has 0 fully saturated rings. The molecule has 2 aliphatic rings. The van der Waals surface area contributed by atoms with Crippen molar-refractivity contribution in [3.63, 3.8) is 0 Å². The lowest BCUT2D eigenvalue weighted by Gasteiger charge is -2.30. The Hall–Kier alpha value is -3.73. The molecule has 3 amide bonds. The number of nitrogens with zero attached hydrogens (tertiary/aromatic N) is 2. The number of aryl methyl sites for hydroxylation is 4. The molecule has 160 valence electrons. The van der Waals surface area contributed by atoms with Gasteiger partial charge in [0.05, 0.1) is 16.8 Å². The fourth-order valence-electron chi connectivity index (χ4n) is 4.65. The first-order valence-corrected chi connectivity index (χ1v) is 10.9. The summed E-state index contributed by atoms with van der Waals surface area (Å²) < 4.78 is 0. The SMILES string of the molecule is Cc1ccc2c(c1)CCCN2C(=O)c1ccc2c(c1)C(=O)N(c1cc(C)ccc1C)C2=O. The van der Waals surface area contributed by atoms with Crippen LogP contribution in [0.3, 0.4) is 0 Å². The van der Waals surface area contributed by atoms with Crippen molar-refractivity contribution in [1.29, 1.82) is 0 Å². The first-order valence-electron chi connectivity index (χ1n) is 10.9. The molecule has 0 atom stereocenters. The van der Waals surface area contributed by atoms with Crippen LogP contribution in [0.25, 0.3) is 0 Å². The molecule has 0 radical (unpaired) electrons. The Morgan fingerprint density at radius 2 is 1.50 bits per heavy atom. The highest BCUT2D eigenvalue weighted by Crippen LogP contribution is 2.33. The van der Waals surface area contributed by atoms with Gasteiger partial charge in [-0.3, -0.25) is 14.4 Å². The average molecular weight is 425 g/mol. The first-order chi connectivity index (χ1) is 15.3. The molecule has 0 aromatic heterocycles. The van der Waals surface area contributed by atoms with E-state index >= 15 is 0 Å². The van der Waals surface area contributed by atoms with Gasteiger partial charge in [-0.05, 0) is 80.6 Å². The number of rotatable bonds is 2. The zero-order chi connectivity index (χ0) is 22.6. The molecule has 3 aromatic rings. The summed E-state index contributed by atoms with van der Waals surface area (Å²) in [6.07, 6.45) is 1.84. The summed E-state index contributed by atoms with van der Waals surface area (Å²) in [5, 5.41) is 0. The molecule has 0 bridgehead atoms. The van der Waals surface area contributed by atoms with E-state index in [0.717, 1.165) is 35.2 Å². The Kier molecular flexibility index (Phi) is 4.70. The molecule has 0 aliphatic carbocycles. The van der Waals surface area contributed by atoms with E-state index in [1.807, 2.05) is 51.1 Å². The van der Waals surface area contributed by atoms with Crippen LogP contribution in [0.4, 0.5) is 11.4 Å². The van der Waals surface area contributed by atoms with Gasteiger partial charge in [-0.2, -0.15) is 0 Å². The summed E-state index contributed by atoms with van der Waals surface area (Å²) >= 11 is 0. The summed E-state index contributed by atoms with van der Waals surface area (Å²) in [6.45, 7) is 6.48. The Morgan fingerprint density at radius 1 is 0.781 bits per heavy atom. The summed E-state index contributed by atoms with van der Waals surface area (Å²) in [5.41, 5.74) is 6.70. The predicted octanol–water partition coefficient (Wildman–Crippen LogP) is 5.01. The van der Waals surface area contributed by atoms with E-state index in [9.17, 15) is 14.4 Å².